The number of rotatable bonds is 4. The Balaban J connectivity index is 1.82. The molecule has 21 heavy (non-hydrogen) atoms. The average Bonchev–Trinajstić information content (AvgIpc) is 2.46. The molecule has 0 spiro atoms. The Labute approximate surface area is 120 Å². The highest BCUT2D eigenvalue weighted by Crippen LogP contribution is 2.24. The van der Waals surface area contributed by atoms with Gasteiger partial charge >= 0.3 is 6.18 Å². The Morgan fingerprint density at radius 1 is 1.43 bits per heavy atom. The van der Waals surface area contributed by atoms with Gasteiger partial charge in [-0.25, -0.2) is 0 Å². The number of amides is 1. The van der Waals surface area contributed by atoms with E-state index in [9.17, 15) is 18.0 Å². The van der Waals surface area contributed by atoms with Gasteiger partial charge in [-0.3, -0.25) is 9.78 Å². The van der Waals surface area contributed by atoms with Gasteiger partial charge in [0, 0.05) is 18.4 Å². The zero-order chi connectivity index (χ0) is 15.3. The van der Waals surface area contributed by atoms with E-state index in [0.29, 0.717) is 18.4 Å². The van der Waals surface area contributed by atoms with Crippen LogP contribution in [0.25, 0.3) is 0 Å². The van der Waals surface area contributed by atoms with E-state index in [0.717, 1.165) is 12.8 Å². The predicted octanol–water partition coefficient (Wildman–Crippen LogP) is 2.70. The fourth-order valence-corrected chi connectivity index (χ4v) is 2.41. The first-order chi connectivity index (χ1) is 9.94. The third-order valence-electron chi connectivity index (χ3n) is 3.37. The maximum Gasteiger partial charge on any atom is 0.411 e. The van der Waals surface area contributed by atoms with Crippen molar-refractivity contribution in [3.05, 3.63) is 30.1 Å². The summed E-state index contributed by atoms with van der Waals surface area (Å²) < 4.78 is 41.3. The molecule has 2 atom stereocenters. The molecule has 0 unspecified atom stereocenters. The first-order valence-corrected chi connectivity index (χ1v) is 6.83. The number of pyridine rings is 1. The SMILES string of the molecule is O=C(N[C@@H]1CCC[C@H](OCC(F)(F)F)C1)c1cccnc1. The number of carbonyl (C=O) groups is 1. The third kappa shape index (κ3) is 5.34. The first kappa shape index (κ1) is 15.8. The van der Waals surface area contributed by atoms with Crippen LogP contribution >= 0.6 is 0 Å². The minimum Gasteiger partial charge on any atom is -0.369 e. The molecule has 1 fully saturated rings. The predicted molar refractivity (Wildman–Crippen MR) is 69.8 cm³/mol. The molecule has 4 nitrogen and oxygen atoms in total. The zero-order valence-corrected chi connectivity index (χ0v) is 11.4. The fraction of sp³-hybridized carbons (Fsp3) is 0.571. The topological polar surface area (TPSA) is 51.2 Å². The molecular formula is C14H17F3N2O2. The summed E-state index contributed by atoms with van der Waals surface area (Å²) in [7, 11) is 0. The molecule has 1 aromatic heterocycles. The van der Waals surface area contributed by atoms with Crippen LogP contribution in [-0.4, -0.2) is 35.8 Å². The summed E-state index contributed by atoms with van der Waals surface area (Å²) in [5, 5.41) is 2.82. The highest BCUT2D eigenvalue weighted by Gasteiger charge is 2.31. The van der Waals surface area contributed by atoms with Crippen molar-refractivity contribution < 1.29 is 22.7 Å². The lowest BCUT2D eigenvalue weighted by molar-refractivity contribution is -0.188. The van der Waals surface area contributed by atoms with Crippen molar-refractivity contribution in [2.24, 2.45) is 0 Å². The van der Waals surface area contributed by atoms with Crippen molar-refractivity contribution in [1.29, 1.82) is 0 Å². The number of carbonyl (C=O) groups excluding carboxylic acids is 1. The molecule has 1 aliphatic carbocycles. The number of alkyl halides is 3. The van der Waals surface area contributed by atoms with E-state index in [2.05, 4.69) is 10.3 Å². The molecule has 0 bridgehead atoms. The lowest BCUT2D eigenvalue weighted by Crippen LogP contribution is -2.41. The first-order valence-electron chi connectivity index (χ1n) is 6.83. The Morgan fingerprint density at radius 3 is 2.90 bits per heavy atom. The Bertz CT molecular complexity index is 465. The molecule has 1 amide bonds. The molecule has 116 valence electrons. The molecule has 1 N–H and O–H groups in total. The average molecular weight is 302 g/mol. The quantitative estimate of drug-likeness (QED) is 0.930. The number of nitrogens with zero attached hydrogens (tertiary/aromatic N) is 1. The number of hydrogen-bond acceptors (Lipinski definition) is 3. The van der Waals surface area contributed by atoms with Gasteiger partial charge in [0.25, 0.3) is 5.91 Å². The van der Waals surface area contributed by atoms with Crippen LogP contribution in [0.1, 0.15) is 36.0 Å². The van der Waals surface area contributed by atoms with Gasteiger partial charge in [-0.1, -0.05) is 0 Å². The largest absolute Gasteiger partial charge is 0.411 e. The van der Waals surface area contributed by atoms with Gasteiger partial charge in [0.2, 0.25) is 0 Å². The summed E-state index contributed by atoms with van der Waals surface area (Å²) in [5.41, 5.74) is 0.441. The summed E-state index contributed by atoms with van der Waals surface area (Å²) in [6.07, 6.45) is 0.732. The van der Waals surface area contributed by atoms with Gasteiger partial charge < -0.3 is 10.1 Å². The van der Waals surface area contributed by atoms with E-state index < -0.39 is 18.9 Å². The number of ether oxygens (including phenoxy) is 1. The second kappa shape index (κ2) is 6.89. The monoisotopic (exact) mass is 302 g/mol. The highest BCUT2D eigenvalue weighted by atomic mass is 19.4. The number of halogens is 3. The molecule has 1 saturated carbocycles. The van der Waals surface area contributed by atoms with Crippen LogP contribution in [0.5, 0.6) is 0 Å². The van der Waals surface area contributed by atoms with Crippen molar-refractivity contribution in [3.63, 3.8) is 0 Å². The van der Waals surface area contributed by atoms with E-state index in [4.69, 9.17) is 4.74 Å². The molecule has 7 heteroatoms. The molecule has 1 heterocycles. The molecule has 0 aliphatic heterocycles. The summed E-state index contributed by atoms with van der Waals surface area (Å²) in [4.78, 5) is 15.8. The van der Waals surface area contributed by atoms with E-state index in [1.54, 1.807) is 18.3 Å². The third-order valence-corrected chi connectivity index (χ3v) is 3.37. The minimum absolute atomic E-state index is 0.162. The summed E-state index contributed by atoms with van der Waals surface area (Å²) in [6.45, 7) is -1.24. The van der Waals surface area contributed by atoms with Gasteiger partial charge in [0.1, 0.15) is 6.61 Å². The standard InChI is InChI=1S/C14H17F3N2O2/c15-14(16,17)9-21-12-5-1-4-11(7-12)19-13(20)10-3-2-6-18-8-10/h2-3,6,8,11-12H,1,4-5,7,9H2,(H,19,20)/t11-,12+/m1/s1. The smallest absolute Gasteiger partial charge is 0.369 e. The Kier molecular flexibility index (Phi) is 5.17. The van der Waals surface area contributed by atoms with Gasteiger partial charge in [0.05, 0.1) is 11.7 Å². The summed E-state index contributed by atoms with van der Waals surface area (Å²) in [5.74, 6) is -0.260. The van der Waals surface area contributed by atoms with E-state index in [-0.39, 0.29) is 11.9 Å². The lowest BCUT2D eigenvalue weighted by atomic mass is 9.92. The number of nitrogens with one attached hydrogen (secondary N) is 1. The molecule has 2 rings (SSSR count). The summed E-state index contributed by atoms with van der Waals surface area (Å²) in [6, 6.07) is 3.14. The summed E-state index contributed by atoms with van der Waals surface area (Å²) >= 11 is 0. The molecule has 1 aromatic rings. The van der Waals surface area contributed by atoms with Crippen molar-refractivity contribution in [3.8, 4) is 0 Å². The van der Waals surface area contributed by atoms with Crippen LogP contribution < -0.4 is 5.32 Å². The zero-order valence-electron chi connectivity index (χ0n) is 11.4. The second-order valence-electron chi connectivity index (χ2n) is 5.13. The molecule has 0 saturated heterocycles. The van der Waals surface area contributed by atoms with Crippen molar-refractivity contribution in [1.82, 2.24) is 10.3 Å². The van der Waals surface area contributed by atoms with Crippen LogP contribution in [0, 0.1) is 0 Å². The minimum atomic E-state index is -4.31. The van der Waals surface area contributed by atoms with Crippen molar-refractivity contribution in [2.75, 3.05) is 6.61 Å². The Hall–Kier alpha value is -1.63. The van der Waals surface area contributed by atoms with Gasteiger partial charge in [-0.15, -0.1) is 0 Å². The van der Waals surface area contributed by atoms with Crippen LogP contribution in [-0.2, 0) is 4.74 Å². The Morgan fingerprint density at radius 2 is 2.24 bits per heavy atom. The van der Waals surface area contributed by atoms with Gasteiger partial charge in [-0.05, 0) is 37.8 Å². The van der Waals surface area contributed by atoms with Crippen LogP contribution in [0.4, 0.5) is 13.2 Å². The van der Waals surface area contributed by atoms with Crippen molar-refractivity contribution >= 4 is 5.91 Å². The lowest BCUT2D eigenvalue weighted by Gasteiger charge is -2.30. The number of aromatic nitrogens is 1. The van der Waals surface area contributed by atoms with E-state index in [1.165, 1.54) is 6.20 Å². The maximum absolute atomic E-state index is 12.1. The fourth-order valence-electron chi connectivity index (χ4n) is 2.41. The second-order valence-corrected chi connectivity index (χ2v) is 5.13. The van der Waals surface area contributed by atoms with Gasteiger partial charge in [0.15, 0.2) is 0 Å². The van der Waals surface area contributed by atoms with E-state index >= 15 is 0 Å². The van der Waals surface area contributed by atoms with Gasteiger partial charge in [-0.2, -0.15) is 13.2 Å². The molecule has 0 radical (unpaired) electrons. The van der Waals surface area contributed by atoms with E-state index in [1.807, 2.05) is 0 Å². The normalized spacial score (nSPS) is 22.8. The molecule has 1 aliphatic rings. The van der Waals surface area contributed by atoms with Crippen LogP contribution in [0.15, 0.2) is 24.5 Å². The number of hydrogen-bond donors (Lipinski definition) is 1. The van der Waals surface area contributed by atoms with Crippen molar-refractivity contribution in [2.45, 2.75) is 44.0 Å². The van der Waals surface area contributed by atoms with Crippen LogP contribution in [0.3, 0.4) is 0 Å². The molecular weight excluding hydrogens is 285 g/mol. The maximum atomic E-state index is 12.1. The molecule has 0 aromatic carbocycles. The highest BCUT2D eigenvalue weighted by molar-refractivity contribution is 5.93. The van der Waals surface area contributed by atoms with Crippen LogP contribution in [0.2, 0.25) is 0 Å².